The molecule has 1 amide bonds. The third-order valence-electron chi connectivity index (χ3n) is 1.93. The number of halogens is 2. The van der Waals surface area contributed by atoms with Crippen molar-refractivity contribution in [3.05, 3.63) is 28.0 Å². The molecule has 1 heterocycles. The van der Waals surface area contributed by atoms with Crippen molar-refractivity contribution in [1.29, 1.82) is 0 Å². The van der Waals surface area contributed by atoms with E-state index in [1.54, 1.807) is 0 Å². The Morgan fingerprint density at radius 1 is 1.41 bits per heavy atom. The molecule has 1 aromatic heterocycles. The van der Waals surface area contributed by atoms with Gasteiger partial charge in [-0.05, 0) is 19.1 Å². The van der Waals surface area contributed by atoms with Crippen LogP contribution >= 0.6 is 23.2 Å². The minimum absolute atomic E-state index is 0.0325. The van der Waals surface area contributed by atoms with Gasteiger partial charge in [-0.1, -0.05) is 23.2 Å². The second-order valence-electron chi connectivity index (χ2n) is 3.18. The van der Waals surface area contributed by atoms with Crippen molar-refractivity contribution < 1.29 is 14.3 Å². The van der Waals surface area contributed by atoms with Crippen molar-refractivity contribution in [3.8, 4) is 0 Å². The van der Waals surface area contributed by atoms with Gasteiger partial charge in [-0.15, -0.1) is 0 Å². The van der Waals surface area contributed by atoms with Crippen LogP contribution in [-0.2, 0) is 9.53 Å². The van der Waals surface area contributed by atoms with Crippen molar-refractivity contribution in [2.24, 2.45) is 0 Å². The lowest BCUT2D eigenvalue weighted by Crippen LogP contribution is -2.39. The molecular weight excluding hydrogens is 267 g/mol. The van der Waals surface area contributed by atoms with Crippen molar-refractivity contribution in [2.45, 2.75) is 13.0 Å². The SMILES string of the molecule is COC(=O)[C@H](C)NC(=O)c1nc(Cl)ccc1Cl. The van der Waals surface area contributed by atoms with Crippen molar-refractivity contribution in [2.75, 3.05) is 7.11 Å². The van der Waals surface area contributed by atoms with E-state index in [-0.39, 0.29) is 15.9 Å². The predicted molar refractivity (Wildman–Crippen MR) is 63.2 cm³/mol. The monoisotopic (exact) mass is 276 g/mol. The summed E-state index contributed by atoms with van der Waals surface area (Å²) in [5, 5.41) is 2.70. The number of esters is 1. The number of carbonyl (C=O) groups is 2. The molecule has 0 aliphatic rings. The first-order valence-electron chi connectivity index (χ1n) is 4.66. The Balaban J connectivity index is 2.83. The maximum absolute atomic E-state index is 11.7. The first-order chi connectivity index (χ1) is 7.95. The Kier molecular flexibility index (Phi) is 4.72. The first-order valence-corrected chi connectivity index (χ1v) is 5.42. The third-order valence-corrected chi connectivity index (χ3v) is 2.44. The molecule has 1 aromatic rings. The Morgan fingerprint density at radius 3 is 2.65 bits per heavy atom. The predicted octanol–water partition coefficient (Wildman–Crippen LogP) is 1.68. The fourth-order valence-corrected chi connectivity index (χ4v) is 1.42. The number of methoxy groups -OCH3 is 1. The molecule has 1 rings (SSSR count). The number of nitrogens with one attached hydrogen (secondary N) is 1. The van der Waals surface area contributed by atoms with Gasteiger partial charge >= 0.3 is 5.97 Å². The van der Waals surface area contributed by atoms with Gasteiger partial charge in [0.25, 0.3) is 5.91 Å². The van der Waals surface area contributed by atoms with Gasteiger partial charge in [0, 0.05) is 0 Å². The Bertz CT molecular complexity index is 451. The van der Waals surface area contributed by atoms with Gasteiger partial charge in [-0.2, -0.15) is 0 Å². The van der Waals surface area contributed by atoms with Crippen LogP contribution in [-0.4, -0.2) is 30.0 Å². The Morgan fingerprint density at radius 2 is 2.06 bits per heavy atom. The average Bonchev–Trinajstić information content (AvgIpc) is 2.30. The summed E-state index contributed by atoms with van der Waals surface area (Å²) in [6.07, 6.45) is 0. The van der Waals surface area contributed by atoms with Gasteiger partial charge in [0.15, 0.2) is 0 Å². The van der Waals surface area contributed by atoms with E-state index in [2.05, 4.69) is 15.0 Å². The zero-order chi connectivity index (χ0) is 13.0. The highest BCUT2D eigenvalue weighted by Crippen LogP contribution is 2.16. The Hall–Kier alpha value is -1.33. The molecule has 0 fully saturated rings. The van der Waals surface area contributed by atoms with Crippen LogP contribution in [0.2, 0.25) is 10.2 Å². The van der Waals surface area contributed by atoms with E-state index in [9.17, 15) is 9.59 Å². The molecule has 0 radical (unpaired) electrons. The Labute approximate surface area is 108 Å². The molecular formula is C10H10Cl2N2O3. The molecule has 0 spiro atoms. The zero-order valence-electron chi connectivity index (χ0n) is 9.16. The highest BCUT2D eigenvalue weighted by Gasteiger charge is 2.19. The largest absolute Gasteiger partial charge is 0.467 e. The van der Waals surface area contributed by atoms with Crippen LogP contribution in [0.1, 0.15) is 17.4 Å². The van der Waals surface area contributed by atoms with E-state index >= 15 is 0 Å². The lowest BCUT2D eigenvalue weighted by Gasteiger charge is -2.11. The normalized spacial score (nSPS) is 11.8. The van der Waals surface area contributed by atoms with Crippen LogP contribution in [0, 0.1) is 0 Å². The van der Waals surface area contributed by atoms with Crippen LogP contribution in [0.25, 0.3) is 0 Å². The molecule has 1 atom stereocenters. The number of amides is 1. The minimum Gasteiger partial charge on any atom is -0.467 e. The number of hydrogen-bond donors (Lipinski definition) is 1. The van der Waals surface area contributed by atoms with E-state index in [0.29, 0.717) is 0 Å². The lowest BCUT2D eigenvalue weighted by molar-refractivity contribution is -0.142. The molecule has 0 unspecified atom stereocenters. The molecule has 0 saturated carbocycles. The molecule has 0 aromatic carbocycles. The number of pyridine rings is 1. The number of hydrogen-bond acceptors (Lipinski definition) is 4. The van der Waals surface area contributed by atoms with Gasteiger partial charge in [0.1, 0.15) is 16.9 Å². The fraction of sp³-hybridized carbons (Fsp3) is 0.300. The highest BCUT2D eigenvalue weighted by molar-refractivity contribution is 6.34. The standard InChI is InChI=1S/C10H10Cl2N2O3/c1-5(10(16)17-2)13-9(15)8-6(11)3-4-7(12)14-8/h3-5H,1-2H3,(H,13,15)/t5-/m0/s1. The summed E-state index contributed by atoms with van der Waals surface area (Å²) in [6, 6.07) is 2.13. The molecule has 0 bridgehead atoms. The summed E-state index contributed by atoms with van der Waals surface area (Å²) in [5.74, 6) is -1.15. The third kappa shape index (κ3) is 3.57. The van der Waals surface area contributed by atoms with Crippen LogP contribution in [0.5, 0.6) is 0 Å². The lowest BCUT2D eigenvalue weighted by atomic mass is 10.3. The van der Waals surface area contributed by atoms with Crippen molar-refractivity contribution in [3.63, 3.8) is 0 Å². The second-order valence-corrected chi connectivity index (χ2v) is 3.98. The molecule has 1 N–H and O–H groups in total. The number of rotatable bonds is 3. The summed E-state index contributed by atoms with van der Waals surface area (Å²) in [5.41, 5.74) is -0.0325. The van der Waals surface area contributed by atoms with Gasteiger partial charge in [-0.25, -0.2) is 9.78 Å². The summed E-state index contributed by atoms with van der Waals surface area (Å²) < 4.78 is 4.47. The number of ether oxygens (including phenoxy) is 1. The maximum Gasteiger partial charge on any atom is 0.328 e. The first kappa shape index (κ1) is 13.7. The minimum atomic E-state index is -0.788. The maximum atomic E-state index is 11.7. The van der Waals surface area contributed by atoms with Gasteiger partial charge in [0.2, 0.25) is 0 Å². The van der Waals surface area contributed by atoms with Gasteiger partial charge in [-0.3, -0.25) is 4.79 Å². The molecule has 92 valence electrons. The highest BCUT2D eigenvalue weighted by atomic mass is 35.5. The summed E-state index contributed by atoms with van der Waals surface area (Å²) in [6.45, 7) is 1.49. The molecule has 0 saturated heterocycles. The van der Waals surface area contributed by atoms with Gasteiger partial charge < -0.3 is 10.1 Å². The summed E-state index contributed by atoms with van der Waals surface area (Å²) >= 11 is 11.4. The van der Waals surface area contributed by atoms with E-state index < -0.39 is 17.9 Å². The summed E-state index contributed by atoms with van der Waals surface area (Å²) in [4.78, 5) is 26.6. The second kappa shape index (κ2) is 5.84. The van der Waals surface area contributed by atoms with Crippen LogP contribution in [0.4, 0.5) is 0 Å². The van der Waals surface area contributed by atoms with Crippen LogP contribution < -0.4 is 5.32 Å². The average molecular weight is 277 g/mol. The van der Waals surface area contributed by atoms with E-state index in [4.69, 9.17) is 23.2 Å². The number of nitrogens with zero attached hydrogens (tertiary/aromatic N) is 1. The van der Waals surface area contributed by atoms with Crippen molar-refractivity contribution in [1.82, 2.24) is 10.3 Å². The van der Waals surface area contributed by atoms with E-state index in [1.165, 1.54) is 26.2 Å². The number of aromatic nitrogens is 1. The molecule has 0 aliphatic heterocycles. The summed E-state index contributed by atoms with van der Waals surface area (Å²) in [7, 11) is 1.23. The molecule has 0 aliphatic carbocycles. The van der Waals surface area contributed by atoms with Gasteiger partial charge in [0.05, 0.1) is 12.1 Å². The fourth-order valence-electron chi connectivity index (χ4n) is 1.08. The molecule has 7 heteroatoms. The van der Waals surface area contributed by atoms with Crippen LogP contribution in [0.3, 0.4) is 0 Å². The zero-order valence-corrected chi connectivity index (χ0v) is 10.7. The number of carbonyl (C=O) groups excluding carboxylic acids is 2. The smallest absolute Gasteiger partial charge is 0.328 e. The molecule has 5 nitrogen and oxygen atoms in total. The van der Waals surface area contributed by atoms with Crippen molar-refractivity contribution >= 4 is 35.1 Å². The topological polar surface area (TPSA) is 68.3 Å². The van der Waals surface area contributed by atoms with E-state index in [0.717, 1.165) is 0 Å². The molecule has 17 heavy (non-hydrogen) atoms. The van der Waals surface area contributed by atoms with E-state index in [1.807, 2.05) is 0 Å². The van der Waals surface area contributed by atoms with Crippen LogP contribution in [0.15, 0.2) is 12.1 Å². The quantitative estimate of drug-likeness (QED) is 0.674.